The Balaban J connectivity index is 2.40. The van der Waals surface area contributed by atoms with Gasteiger partial charge in [-0.15, -0.1) is 0 Å². The van der Waals surface area contributed by atoms with Gasteiger partial charge in [-0.25, -0.2) is 0 Å². The number of rotatable bonds is 8. The normalized spacial score (nSPS) is 10.3. The molecule has 6 heteroatoms. The van der Waals surface area contributed by atoms with Crippen molar-refractivity contribution in [2.75, 3.05) is 38.7 Å². The van der Waals surface area contributed by atoms with Crippen LogP contribution in [0.4, 0.5) is 5.69 Å². The highest BCUT2D eigenvalue weighted by molar-refractivity contribution is 5.92. The first-order valence-electron chi connectivity index (χ1n) is 6.92. The lowest BCUT2D eigenvalue weighted by Crippen LogP contribution is -2.34. The molecule has 1 aromatic rings. The Morgan fingerprint density at radius 2 is 1.76 bits per heavy atom. The molecule has 0 saturated carbocycles. The molecule has 0 aliphatic heterocycles. The average Bonchev–Trinajstić information content (AvgIpc) is 2.41. The summed E-state index contributed by atoms with van der Waals surface area (Å²) in [7, 11) is 1.69. The molecule has 0 saturated heterocycles. The van der Waals surface area contributed by atoms with Gasteiger partial charge in [0.25, 0.3) is 0 Å². The Kier molecular flexibility index (Phi) is 7.25. The van der Waals surface area contributed by atoms with E-state index in [1.165, 1.54) is 0 Å². The van der Waals surface area contributed by atoms with Gasteiger partial charge in [-0.1, -0.05) is 0 Å². The van der Waals surface area contributed by atoms with Gasteiger partial charge < -0.3 is 14.8 Å². The van der Waals surface area contributed by atoms with Crippen LogP contribution in [-0.2, 0) is 14.3 Å². The number of carbonyl (C=O) groups excluding carboxylic acids is 2. The van der Waals surface area contributed by atoms with Crippen molar-refractivity contribution in [2.24, 2.45) is 0 Å². The lowest BCUT2D eigenvalue weighted by atomic mass is 10.3. The minimum Gasteiger partial charge on any atom is -0.494 e. The standard InChI is InChI=1S/C15H22N2O4/c1-4-20-13-8-6-12(7-9-13)16-14(18)10-17(3)11-15(19)21-5-2/h6-9H,4-5,10-11H2,1-3H3,(H,16,18). The third-order valence-corrected chi connectivity index (χ3v) is 2.57. The number of ether oxygens (including phenoxy) is 2. The molecule has 1 rings (SSSR count). The second kappa shape index (κ2) is 8.97. The number of nitrogens with one attached hydrogen (secondary N) is 1. The first-order valence-corrected chi connectivity index (χ1v) is 6.92. The molecular weight excluding hydrogens is 272 g/mol. The van der Waals surface area contributed by atoms with E-state index in [0.29, 0.717) is 18.9 Å². The van der Waals surface area contributed by atoms with E-state index < -0.39 is 0 Å². The summed E-state index contributed by atoms with van der Waals surface area (Å²) >= 11 is 0. The van der Waals surface area contributed by atoms with Crippen molar-refractivity contribution < 1.29 is 19.1 Å². The van der Waals surface area contributed by atoms with E-state index in [1.807, 2.05) is 6.92 Å². The lowest BCUT2D eigenvalue weighted by Gasteiger charge is -2.15. The fourth-order valence-electron chi connectivity index (χ4n) is 1.73. The fraction of sp³-hybridized carbons (Fsp3) is 0.467. The van der Waals surface area contributed by atoms with Gasteiger partial charge in [0.15, 0.2) is 0 Å². The van der Waals surface area contributed by atoms with Gasteiger partial charge >= 0.3 is 5.97 Å². The Hall–Kier alpha value is -2.08. The van der Waals surface area contributed by atoms with Crippen molar-refractivity contribution in [3.63, 3.8) is 0 Å². The highest BCUT2D eigenvalue weighted by atomic mass is 16.5. The van der Waals surface area contributed by atoms with Crippen LogP contribution in [0.1, 0.15) is 13.8 Å². The molecule has 0 aliphatic rings. The van der Waals surface area contributed by atoms with E-state index in [2.05, 4.69) is 5.32 Å². The Morgan fingerprint density at radius 1 is 1.10 bits per heavy atom. The molecule has 6 nitrogen and oxygen atoms in total. The number of nitrogens with zero attached hydrogens (tertiary/aromatic N) is 1. The van der Waals surface area contributed by atoms with E-state index in [0.717, 1.165) is 5.75 Å². The quantitative estimate of drug-likeness (QED) is 0.736. The summed E-state index contributed by atoms with van der Waals surface area (Å²) in [6, 6.07) is 7.13. The number of carbonyl (C=O) groups is 2. The predicted molar refractivity (Wildman–Crippen MR) is 80.4 cm³/mol. The van der Waals surface area contributed by atoms with Gasteiger partial charge in [-0.05, 0) is 45.2 Å². The van der Waals surface area contributed by atoms with Crippen molar-refractivity contribution >= 4 is 17.6 Å². The van der Waals surface area contributed by atoms with Crippen molar-refractivity contribution in [1.82, 2.24) is 4.90 Å². The topological polar surface area (TPSA) is 67.9 Å². The smallest absolute Gasteiger partial charge is 0.320 e. The van der Waals surface area contributed by atoms with Crippen molar-refractivity contribution in [3.05, 3.63) is 24.3 Å². The van der Waals surface area contributed by atoms with Crippen LogP contribution >= 0.6 is 0 Å². The van der Waals surface area contributed by atoms with Crippen LogP contribution < -0.4 is 10.1 Å². The third-order valence-electron chi connectivity index (χ3n) is 2.57. The highest BCUT2D eigenvalue weighted by Gasteiger charge is 2.11. The van der Waals surface area contributed by atoms with Gasteiger partial charge in [0.2, 0.25) is 5.91 Å². The second-order valence-corrected chi connectivity index (χ2v) is 4.48. The largest absolute Gasteiger partial charge is 0.494 e. The molecule has 1 amide bonds. The van der Waals surface area contributed by atoms with E-state index >= 15 is 0 Å². The van der Waals surface area contributed by atoms with Gasteiger partial charge in [0.1, 0.15) is 5.75 Å². The summed E-state index contributed by atoms with van der Waals surface area (Å²) in [6.07, 6.45) is 0. The Bertz CT molecular complexity index is 459. The molecule has 0 spiro atoms. The summed E-state index contributed by atoms with van der Waals surface area (Å²) in [4.78, 5) is 24.7. The highest BCUT2D eigenvalue weighted by Crippen LogP contribution is 2.15. The molecule has 0 aromatic heterocycles. The van der Waals surface area contributed by atoms with Crippen LogP contribution in [0.25, 0.3) is 0 Å². The van der Waals surface area contributed by atoms with Crippen LogP contribution in [0, 0.1) is 0 Å². The first-order chi connectivity index (χ1) is 10.0. The average molecular weight is 294 g/mol. The monoisotopic (exact) mass is 294 g/mol. The van der Waals surface area contributed by atoms with Gasteiger partial charge in [0.05, 0.1) is 26.3 Å². The zero-order valence-electron chi connectivity index (χ0n) is 12.7. The van der Waals surface area contributed by atoms with Gasteiger partial charge in [-0.2, -0.15) is 0 Å². The minimum atomic E-state index is -0.339. The zero-order valence-corrected chi connectivity index (χ0v) is 12.7. The van der Waals surface area contributed by atoms with E-state index in [4.69, 9.17) is 9.47 Å². The second-order valence-electron chi connectivity index (χ2n) is 4.48. The number of benzene rings is 1. The maximum absolute atomic E-state index is 11.8. The number of anilines is 1. The van der Waals surface area contributed by atoms with E-state index in [-0.39, 0.29) is 25.0 Å². The fourth-order valence-corrected chi connectivity index (χ4v) is 1.73. The van der Waals surface area contributed by atoms with Crippen LogP contribution in [0.2, 0.25) is 0 Å². The Morgan fingerprint density at radius 3 is 2.33 bits per heavy atom. The van der Waals surface area contributed by atoms with Crippen molar-refractivity contribution in [2.45, 2.75) is 13.8 Å². The number of hydrogen-bond donors (Lipinski definition) is 1. The number of hydrogen-bond acceptors (Lipinski definition) is 5. The first kappa shape index (κ1) is 17.0. The maximum Gasteiger partial charge on any atom is 0.320 e. The number of likely N-dealkylation sites (N-methyl/N-ethyl adjacent to an activating group) is 1. The zero-order chi connectivity index (χ0) is 15.7. The number of esters is 1. The summed E-state index contributed by atoms with van der Waals surface area (Å²) < 4.78 is 10.1. The molecule has 0 unspecified atom stereocenters. The Labute approximate surface area is 125 Å². The van der Waals surface area contributed by atoms with Gasteiger partial charge in [0, 0.05) is 5.69 Å². The molecule has 0 radical (unpaired) electrons. The summed E-state index contributed by atoms with van der Waals surface area (Å²) in [5.74, 6) is 0.231. The van der Waals surface area contributed by atoms with Crippen LogP contribution in [-0.4, -0.2) is 50.1 Å². The van der Waals surface area contributed by atoms with Crippen LogP contribution in [0.15, 0.2) is 24.3 Å². The molecule has 0 fully saturated rings. The molecular formula is C15H22N2O4. The summed E-state index contributed by atoms with van der Waals surface area (Å²) in [6.45, 7) is 4.80. The number of amides is 1. The molecule has 0 aliphatic carbocycles. The minimum absolute atomic E-state index is 0.0878. The molecule has 116 valence electrons. The molecule has 21 heavy (non-hydrogen) atoms. The van der Waals surface area contributed by atoms with Gasteiger partial charge in [-0.3, -0.25) is 14.5 Å². The van der Waals surface area contributed by atoms with Crippen LogP contribution in [0.5, 0.6) is 5.75 Å². The summed E-state index contributed by atoms with van der Waals surface area (Å²) in [5, 5.41) is 2.76. The third kappa shape index (κ3) is 6.76. The summed E-state index contributed by atoms with van der Waals surface area (Å²) in [5.41, 5.74) is 0.688. The molecule has 0 bridgehead atoms. The molecule has 1 N–H and O–H groups in total. The SMILES string of the molecule is CCOC(=O)CN(C)CC(=O)Nc1ccc(OCC)cc1. The van der Waals surface area contributed by atoms with Crippen molar-refractivity contribution in [3.8, 4) is 5.75 Å². The van der Waals surface area contributed by atoms with Crippen molar-refractivity contribution in [1.29, 1.82) is 0 Å². The molecule has 0 atom stereocenters. The van der Waals surface area contributed by atoms with Crippen LogP contribution in [0.3, 0.4) is 0 Å². The molecule has 0 heterocycles. The van der Waals surface area contributed by atoms with E-state index in [1.54, 1.807) is 43.1 Å². The molecule has 1 aromatic carbocycles. The predicted octanol–water partition coefficient (Wildman–Crippen LogP) is 1.52. The van der Waals surface area contributed by atoms with E-state index in [9.17, 15) is 9.59 Å². The lowest BCUT2D eigenvalue weighted by molar-refractivity contribution is -0.144. The maximum atomic E-state index is 11.8.